The lowest BCUT2D eigenvalue weighted by atomic mass is 10.2. The second kappa shape index (κ2) is 12.0. The van der Waals surface area contributed by atoms with E-state index in [0.717, 1.165) is 23.2 Å². The van der Waals surface area contributed by atoms with Crippen LogP contribution in [-0.2, 0) is 5.75 Å². The van der Waals surface area contributed by atoms with E-state index in [1.165, 1.54) is 49.7 Å². The van der Waals surface area contributed by atoms with E-state index in [1.807, 2.05) is 11.8 Å². The zero-order chi connectivity index (χ0) is 16.2. The zero-order valence-electron chi connectivity index (χ0n) is 14.4. The van der Waals surface area contributed by atoms with Crippen molar-refractivity contribution in [2.45, 2.75) is 65.0 Å². The van der Waals surface area contributed by atoms with Gasteiger partial charge in [-0.2, -0.15) is 0 Å². The molecule has 1 nitrogen and oxygen atoms in total. The number of nitrogens with zero attached hydrogens (tertiary/aromatic N) is 1. The van der Waals surface area contributed by atoms with E-state index in [-0.39, 0.29) is 0 Å². The quantitative estimate of drug-likeness (QED) is 0.370. The third-order valence-electron chi connectivity index (χ3n) is 3.80. The minimum Gasteiger partial charge on any atom is -0.358 e. The molecule has 0 aliphatic rings. The molecule has 0 radical (unpaired) electrons. The van der Waals surface area contributed by atoms with Gasteiger partial charge in [-0.25, -0.2) is 0 Å². The van der Waals surface area contributed by atoms with Crippen LogP contribution in [0.25, 0.3) is 0 Å². The molecule has 1 rings (SSSR count). The Morgan fingerprint density at radius 1 is 0.955 bits per heavy atom. The molecule has 0 heterocycles. The Morgan fingerprint density at radius 2 is 1.50 bits per heavy atom. The average Bonchev–Trinajstić information content (AvgIpc) is 2.53. The molecule has 0 spiro atoms. The summed E-state index contributed by atoms with van der Waals surface area (Å²) in [4.78, 5) is 2.43. The molecule has 124 valence electrons. The summed E-state index contributed by atoms with van der Waals surface area (Å²) in [6.45, 7) is 8.89. The number of thioether (sulfide) groups is 1. The molecule has 0 atom stereocenters. The van der Waals surface area contributed by atoms with Crippen LogP contribution in [0.15, 0.2) is 24.3 Å². The van der Waals surface area contributed by atoms with Crippen LogP contribution in [-0.4, -0.2) is 22.3 Å². The van der Waals surface area contributed by atoms with Crippen molar-refractivity contribution in [2.24, 2.45) is 0 Å². The van der Waals surface area contributed by atoms with Crippen LogP contribution in [0.3, 0.4) is 0 Å². The molecule has 0 saturated heterocycles. The Balaban J connectivity index is 2.44. The summed E-state index contributed by atoms with van der Waals surface area (Å²) in [7, 11) is 0. The fourth-order valence-electron chi connectivity index (χ4n) is 2.32. The molecule has 0 fully saturated rings. The maximum Gasteiger partial charge on any atom is 0.136 e. The summed E-state index contributed by atoms with van der Waals surface area (Å²) in [6, 6.07) is 8.78. The van der Waals surface area contributed by atoms with Crippen molar-refractivity contribution in [3.05, 3.63) is 35.4 Å². The van der Waals surface area contributed by atoms with Crippen LogP contribution in [0.5, 0.6) is 0 Å². The summed E-state index contributed by atoms with van der Waals surface area (Å²) in [5.41, 5.74) is 2.68. The fraction of sp³-hybridized carbons (Fsp3) is 0.632. The minimum atomic E-state index is 0.983. The smallest absolute Gasteiger partial charge is 0.136 e. The molecule has 0 N–H and O–H groups in total. The van der Waals surface area contributed by atoms with Crippen LogP contribution in [0.1, 0.15) is 63.5 Å². The maximum absolute atomic E-state index is 5.69. The molecule has 0 unspecified atom stereocenters. The van der Waals surface area contributed by atoms with Crippen molar-refractivity contribution >= 4 is 28.3 Å². The normalized spacial score (nSPS) is 10.7. The van der Waals surface area contributed by atoms with E-state index in [1.54, 1.807) is 0 Å². The van der Waals surface area contributed by atoms with Gasteiger partial charge in [0.15, 0.2) is 0 Å². The van der Waals surface area contributed by atoms with Crippen LogP contribution in [0.4, 0.5) is 0 Å². The number of hydrogen-bond donors (Lipinski definition) is 0. The number of rotatable bonds is 10. The van der Waals surface area contributed by atoms with Crippen LogP contribution < -0.4 is 0 Å². The first-order valence-corrected chi connectivity index (χ1v) is 10.0. The van der Waals surface area contributed by atoms with Crippen LogP contribution in [0.2, 0.25) is 0 Å². The summed E-state index contributed by atoms with van der Waals surface area (Å²) in [5, 5.41) is 0. The Hall–Kier alpha value is -0.540. The molecular formula is C19H31NS2. The molecule has 0 aliphatic carbocycles. The topological polar surface area (TPSA) is 3.24 Å². The van der Waals surface area contributed by atoms with Gasteiger partial charge in [-0.15, -0.1) is 0 Å². The van der Waals surface area contributed by atoms with Gasteiger partial charge in [0.2, 0.25) is 0 Å². The first-order valence-electron chi connectivity index (χ1n) is 8.64. The van der Waals surface area contributed by atoms with Crippen LogP contribution in [0, 0.1) is 6.92 Å². The first-order chi connectivity index (χ1) is 10.7. The van der Waals surface area contributed by atoms with Gasteiger partial charge in [0, 0.05) is 18.8 Å². The molecule has 0 aromatic heterocycles. The number of unbranched alkanes of at least 4 members (excludes halogenated alkanes) is 4. The molecule has 1 aromatic carbocycles. The van der Waals surface area contributed by atoms with Gasteiger partial charge in [-0.3, -0.25) is 0 Å². The summed E-state index contributed by atoms with van der Waals surface area (Å²) < 4.78 is 1.08. The van der Waals surface area contributed by atoms with Gasteiger partial charge in [0.25, 0.3) is 0 Å². The molecule has 0 bridgehead atoms. The van der Waals surface area contributed by atoms with E-state index >= 15 is 0 Å². The number of hydrogen-bond acceptors (Lipinski definition) is 2. The Labute approximate surface area is 146 Å². The SMILES string of the molecule is CCCCCN(CCCCC)C(=S)SCc1ccc(C)cc1. The maximum atomic E-state index is 5.69. The predicted octanol–water partition coefficient (Wildman–Crippen LogP) is 6.20. The molecule has 22 heavy (non-hydrogen) atoms. The van der Waals surface area contributed by atoms with E-state index in [0.29, 0.717) is 0 Å². The Morgan fingerprint density at radius 3 is 2.00 bits per heavy atom. The van der Waals surface area contributed by atoms with Gasteiger partial charge in [0.05, 0.1) is 0 Å². The van der Waals surface area contributed by atoms with Crippen molar-refractivity contribution in [1.82, 2.24) is 4.90 Å². The minimum absolute atomic E-state index is 0.983. The second-order valence-corrected chi connectivity index (χ2v) is 7.55. The summed E-state index contributed by atoms with van der Waals surface area (Å²) in [5.74, 6) is 0.983. The van der Waals surface area contributed by atoms with Crippen molar-refractivity contribution < 1.29 is 0 Å². The number of thiocarbonyl (C=S) groups is 1. The molecule has 3 heteroatoms. The molecule has 1 aromatic rings. The largest absolute Gasteiger partial charge is 0.358 e. The third kappa shape index (κ3) is 8.19. The number of aryl methyl sites for hydroxylation is 1. The summed E-state index contributed by atoms with van der Waals surface area (Å²) in [6.07, 6.45) is 7.66. The predicted molar refractivity (Wildman–Crippen MR) is 106 cm³/mol. The van der Waals surface area contributed by atoms with Crippen molar-refractivity contribution in [2.75, 3.05) is 13.1 Å². The highest BCUT2D eigenvalue weighted by Gasteiger charge is 2.10. The van der Waals surface area contributed by atoms with E-state index < -0.39 is 0 Å². The molecule has 0 aliphatic heterocycles. The molecular weight excluding hydrogens is 306 g/mol. The van der Waals surface area contributed by atoms with E-state index in [9.17, 15) is 0 Å². The molecule has 0 saturated carbocycles. The Bertz CT molecular complexity index is 404. The lowest BCUT2D eigenvalue weighted by molar-refractivity contribution is 0.402. The van der Waals surface area contributed by atoms with Gasteiger partial charge < -0.3 is 4.90 Å². The lowest BCUT2D eigenvalue weighted by Gasteiger charge is -2.25. The standard InChI is InChI=1S/C19H31NS2/c1-4-6-8-14-20(15-9-7-5-2)19(21)22-16-18-12-10-17(3)11-13-18/h10-13H,4-9,14-16H2,1-3H3. The highest BCUT2D eigenvalue weighted by molar-refractivity contribution is 8.22. The monoisotopic (exact) mass is 337 g/mol. The van der Waals surface area contributed by atoms with Crippen molar-refractivity contribution in [3.8, 4) is 0 Å². The van der Waals surface area contributed by atoms with Crippen molar-refractivity contribution in [3.63, 3.8) is 0 Å². The van der Waals surface area contributed by atoms with E-state index in [4.69, 9.17) is 12.2 Å². The third-order valence-corrected chi connectivity index (χ3v) is 5.40. The van der Waals surface area contributed by atoms with Crippen molar-refractivity contribution in [1.29, 1.82) is 0 Å². The van der Waals surface area contributed by atoms with E-state index in [2.05, 4.69) is 49.9 Å². The lowest BCUT2D eigenvalue weighted by Crippen LogP contribution is -2.29. The average molecular weight is 338 g/mol. The van der Waals surface area contributed by atoms with Gasteiger partial charge >= 0.3 is 0 Å². The zero-order valence-corrected chi connectivity index (χ0v) is 16.1. The van der Waals surface area contributed by atoms with Crippen LogP contribution >= 0.6 is 24.0 Å². The second-order valence-electron chi connectivity index (χ2n) is 5.94. The van der Waals surface area contributed by atoms with Gasteiger partial charge in [0.1, 0.15) is 4.32 Å². The highest BCUT2D eigenvalue weighted by atomic mass is 32.2. The van der Waals surface area contributed by atoms with Gasteiger partial charge in [-0.1, -0.05) is 93.3 Å². The first kappa shape index (κ1) is 19.5. The Kier molecular flexibility index (Phi) is 10.6. The highest BCUT2D eigenvalue weighted by Crippen LogP contribution is 2.18. The fourth-order valence-corrected chi connectivity index (χ4v) is 3.53. The van der Waals surface area contributed by atoms with Gasteiger partial charge in [-0.05, 0) is 25.3 Å². The summed E-state index contributed by atoms with van der Waals surface area (Å²) >= 11 is 7.51. The number of benzene rings is 1. The molecule has 0 amide bonds.